The van der Waals surface area contributed by atoms with Crippen LogP contribution in [-0.2, 0) is 0 Å². The summed E-state index contributed by atoms with van der Waals surface area (Å²) in [4.78, 5) is 21.7. The van der Waals surface area contributed by atoms with Gasteiger partial charge in [0.2, 0.25) is 5.82 Å². The molecular weight excluding hydrogens is 338 g/mol. The molecule has 1 saturated heterocycles. The molecule has 138 valence electrons. The van der Waals surface area contributed by atoms with E-state index in [9.17, 15) is 4.79 Å². The van der Waals surface area contributed by atoms with E-state index < -0.39 is 0 Å². The van der Waals surface area contributed by atoms with Crippen LogP contribution in [0.25, 0.3) is 17.1 Å². The number of amides is 1. The predicted molar refractivity (Wildman–Crippen MR) is 105 cm³/mol. The Morgan fingerprint density at radius 1 is 0.963 bits per heavy atom. The molecule has 0 saturated carbocycles. The number of aromatic nitrogens is 3. The van der Waals surface area contributed by atoms with E-state index in [4.69, 9.17) is 0 Å². The highest BCUT2D eigenvalue weighted by Crippen LogP contribution is 2.22. The lowest BCUT2D eigenvalue weighted by Gasteiger charge is -2.31. The van der Waals surface area contributed by atoms with Crippen LogP contribution < -0.4 is 0 Å². The van der Waals surface area contributed by atoms with Gasteiger partial charge in [0.25, 0.3) is 5.91 Å². The standard InChI is InChI=1S/C21H23N5O/c1-16-7-6-10-18(15-16)26-20(17-8-4-3-5-9-17)22-19(23-26)21(27)25-13-11-24(2)12-14-25/h3-10,15H,11-14H2,1-2H3. The first-order chi connectivity index (χ1) is 13.1. The van der Waals surface area contributed by atoms with Crippen molar-refractivity contribution >= 4 is 5.91 Å². The average molecular weight is 361 g/mol. The van der Waals surface area contributed by atoms with E-state index in [0.717, 1.165) is 29.9 Å². The quantitative estimate of drug-likeness (QED) is 0.720. The molecule has 0 atom stereocenters. The number of benzene rings is 2. The van der Waals surface area contributed by atoms with Crippen LogP contribution in [0.3, 0.4) is 0 Å². The zero-order valence-corrected chi connectivity index (χ0v) is 15.7. The van der Waals surface area contributed by atoms with Crippen LogP contribution in [0.5, 0.6) is 0 Å². The summed E-state index contributed by atoms with van der Waals surface area (Å²) in [5.74, 6) is 0.824. The van der Waals surface area contributed by atoms with Gasteiger partial charge in [-0.1, -0.05) is 42.5 Å². The van der Waals surface area contributed by atoms with Gasteiger partial charge in [0.15, 0.2) is 5.82 Å². The van der Waals surface area contributed by atoms with Crippen molar-refractivity contribution in [3.05, 3.63) is 66.0 Å². The first kappa shape index (κ1) is 17.4. The van der Waals surface area contributed by atoms with E-state index in [-0.39, 0.29) is 11.7 Å². The highest BCUT2D eigenvalue weighted by atomic mass is 16.2. The van der Waals surface area contributed by atoms with Gasteiger partial charge in [-0.3, -0.25) is 4.79 Å². The van der Waals surface area contributed by atoms with Gasteiger partial charge in [-0.25, -0.2) is 9.67 Å². The summed E-state index contributed by atoms with van der Waals surface area (Å²) >= 11 is 0. The summed E-state index contributed by atoms with van der Waals surface area (Å²) < 4.78 is 1.77. The maximum atomic E-state index is 13.0. The SMILES string of the molecule is Cc1cccc(-n2nc(C(=O)N3CCN(C)CC3)nc2-c2ccccc2)c1. The number of carbonyl (C=O) groups excluding carboxylic acids is 1. The predicted octanol–water partition coefficient (Wildman–Crippen LogP) is 2.63. The minimum atomic E-state index is -0.105. The van der Waals surface area contributed by atoms with Crippen molar-refractivity contribution in [1.29, 1.82) is 0 Å². The third kappa shape index (κ3) is 3.61. The molecule has 0 N–H and O–H groups in total. The molecule has 1 amide bonds. The second-order valence-electron chi connectivity index (χ2n) is 6.97. The van der Waals surface area contributed by atoms with Crippen molar-refractivity contribution in [2.24, 2.45) is 0 Å². The van der Waals surface area contributed by atoms with Gasteiger partial charge >= 0.3 is 0 Å². The van der Waals surface area contributed by atoms with E-state index in [1.165, 1.54) is 0 Å². The van der Waals surface area contributed by atoms with E-state index in [1.807, 2.05) is 66.4 Å². The normalized spacial score (nSPS) is 15.1. The lowest BCUT2D eigenvalue weighted by Crippen LogP contribution is -2.47. The van der Waals surface area contributed by atoms with Crippen LogP contribution in [-0.4, -0.2) is 63.7 Å². The van der Waals surface area contributed by atoms with Crippen molar-refractivity contribution in [1.82, 2.24) is 24.6 Å². The van der Waals surface area contributed by atoms with Crippen LogP contribution in [0.1, 0.15) is 16.2 Å². The molecule has 1 aromatic heterocycles. The fourth-order valence-corrected chi connectivity index (χ4v) is 3.27. The van der Waals surface area contributed by atoms with Gasteiger partial charge in [0.05, 0.1) is 5.69 Å². The van der Waals surface area contributed by atoms with Crippen molar-refractivity contribution in [2.75, 3.05) is 33.2 Å². The van der Waals surface area contributed by atoms with Crippen LogP contribution in [0.2, 0.25) is 0 Å². The first-order valence-electron chi connectivity index (χ1n) is 9.19. The fraction of sp³-hybridized carbons (Fsp3) is 0.286. The lowest BCUT2D eigenvalue weighted by molar-refractivity contribution is 0.0652. The summed E-state index contributed by atoms with van der Waals surface area (Å²) in [5.41, 5.74) is 2.97. The molecule has 4 rings (SSSR count). The smallest absolute Gasteiger partial charge is 0.293 e. The number of carbonyl (C=O) groups is 1. The number of hydrogen-bond acceptors (Lipinski definition) is 4. The fourth-order valence-electron chi connectivity index (χ4n) is 3.27. The molecule has 3 aromatic rings. The molecule has 0 bridgehead atoms. The molecule has 0 radical (unpaired) electrons. The Morgan fingerprint density at radius 3 is 2.41 bits per heavy atom. The van der Waals surface area contributed by atoms with Crippen LogP contribution in [0.15, 0.2) is 54.6 Å². The topological polar surface area (TPSA) is 54.3 Å². The minimum absolute atomic E-state index is 0.105. The van der Waals surface area contributed by atoms with Gasteiger partial charge in [0.1, 0.15) is 0 Å². The number of piperazine rings is 1. The Morgan fingerprint density at radius 2 is 1.70 bits per heavy atom. The highest BCUT2D eigenvalue weighted by Gasteiger charge is 2.25. The van der Waals surface area contributed by atoms with Gasteiger partial charge in [-0.05, 0) is 31.7 Å². The van der Waals surface area contributed by atoms with Crippen molar-refractivity contribution in [2.45, 2.75) is 6.92 Å². The molecule has 2 aromatic carbocycles. The van der Waals surface area contributed by atoms with E-state index >= 15 is 0 Å². The second-order valence-corrected chi connectivity index (χ2v) is 6.97. The number of aryl methyl sites for hydroxylation is 1. The molecule has 6 nitrogen and oxygen atoms in total. The molecule has 6 heteroatoms. The van der Waals surface area contributed by atoms with Crippen molar-refractivity contribution < 1.29 is 4.79 Å². The molecule has 2 heterocycles. The summed E-state index contributed by atoms with van der Waals surface area (Å²) in [6.07, 6.45) is 0. The molecular formula is C21H23N5O. The Balaban J connectivity index is 1.75. The second kappa shape index (κ2) is 7.32. The molecule has 1 aliphatic rings. The van der Waals surface area contributed by atoms with Gasteiger partial charge in [-0.15, -0.1) is 5.10 Å². The number of likely N-dealkylation sites (N-methyl/N-ethyl adjacent to an activating group) is 1. The molecule has 0 aliphatic carbocycles. The highest BCUT2D eigenvalue weighted by molar-refractivity contribution is 5.91. The van der Waals surface area contributed by atoms with Gasteiger partial charge in [0, 0.05) is 31.7 Å². The molecule has 1 aliphatic heterocycles. The van der Waals surface area contributed by atoms with E-state index in [0.29, 0.717) is 18.9 Å². The maximum Gasteiger partial charge on any atom is 0.293 e. The van der Waals surface area contributed by atoms with Crippen molar-refractivity contribution in [3.63, 3.8) is 0 Å². The zero-order chi connectivity index (χ0) is 18.8. The van der Waals surface area contributed by atoms with Gasteiger partial charge < -0.3 is 9.80 Å². The first-order valence-corrected chi connectivity index (χ1v) is 9.19. The maximum absolute atomic E-state index is 13.0. The van der Waals surface area contributed by atoms with Crippen LogP contribution in [0.4, 0.5) is 0 Å². The third-order valence-electron chi connectivity index (χ3n) is 4.87. The summed E-state index contributed by atoms with van der Waals surface area (Å²) in [7, 11) is 2.07. The largest absolute Gasteiger partial charge is 0.333 e. The molecule has 0 unspecified atom stereocenters. The Hall–Kier alpha value is -2.99. The third-order valence-corrected chi connectivity index (χ3v) is 4.87. The Labute approximate surface area is 159 Å². The Kier molecular flexibility index (Phi) is 4.73. The summed E-state index contributed by atoms with van der Waals surface area (Å²) in [6.45, 7) is 5.19. The molecule has 27 heavy (non-hydrogen) atoms. The van der Waals surface area contributed by atoms with Crippen molar-refractivity contribution in [3.8, 4) is 17.1 Å². The molecule has 1 fully saturated rings. The number of hydrogen-bond donors (Lipinski definition) is 0. The van der Waals surface area contributed by atoms with Crippen LogP contribution >= 0.6 is 0 Å². The minimum Gasteiger partial charge on any atom is -0.333 e. The molecule has 0 spiro atoms. The zero-order valence-electron chi connectivity index (χ0n) is 15.7. The van der Waals surface area contributed by atoms with Crippen LogP contribution in [0, 0.1) is 6.92 Å². The van der Waals surface area contributed by atoms with E-state index in [2.05, 4.69) is 22.0 Å². The lowest BCUT2D eigenvalue weighted by atomic mass is 10.2. The van der Waals surface area contributed by atoms with E-state index in [1.54, 1.807) is 4.68 Å². The summed E-state index contributed by atoms with van der Waals surface area (Å²) in [5, 5.41) is 4.59. The van der Waals surface area contributed by atoms with Gasteiger partial charge in [-0.2, -0.15) is 0 Å². The average Bonchev–Trinajstić information content (AvgIpc) is 3.14. The monoisotopic (exact) mass is 361 g/mol. The number of nitrogens with zero attached hydrogens (tertiary/aromatic N) is 5. The number of rotatable bonds is 3. The summed E-state index contributed by atoms with van der Waals surface area (Å²) in [6, 6.07) is 17.9. The Bertz CT molecular complexity index is 942.